The summed E-state index contributed by atoms with van der Waals surface area (Å²) in [6, 6.07) is 3.27. The number of hydrogen-bond acceptors (Lipinski definition) is 3. The number of nitrogens with two attached hydrogens (primary N) is 1. The van der Waals surface area contributed by atoms with Crippen LogP contribution in [-0.4, -0.2) is 22.9 Å². The minimum absolute atomic E-state index is 0.457. The van der Waals surface area contributed by atoms with Gasteiger partial charge in [-0.2, -0.15) is 11.3 Å². The van der Waals surface area contributed by atoms with Gasteiger partial charge in [-0.3, -0.25) is 5.43 Å². The summed E-state index contributed by atoms with van der Waals surface area (Å²) in [4.78, 5) is 7.26. The van der Waals surface area contributed by atoms with Crippen LogP contribution in [0.3, 0.4) is 0 Å². The van der Waals surface area contributed by atoms with Gasteiger partial charge in [0.05, 0.1) is 6.04 Å². The highest BCUT2D eigenvalue weighted by Crippen LogP contribution is 2.29. The molecule has 1 aromatic heterocycles. The monoisotopic (exact) mass is 292 g/mol. The highest BCUT2D eigenvalue weighted by atomic mass is 32.1. The van der Waals surface area contributed by atoms with Crippen molar-refractivity contribution >= 4 is 17.3 Å². The van der Waals surface area contributed by atoms with Crippen LogP contribution in [0.2, 0.25) is 0 Å². The molecule has 4 nitrogen and oxygen atoms in total. The van der Waals surface area contributed by atoms with Crippen LogP contribution in [0.4, 0.5) is 0 Å². The smallest absolute Gasteiger partial charge is 0.209 e. The second-order valence-electron chi connectivity index (χ2n) is 5.88. The predicted molar refractivity (Wildman–Crippen MR) is 84.5 cm³/mol. The Morgan fingerprint density at radius 3 is 2.70 bits per heavy atom. The number of guanidine groups is 1. The first-order valence-electron chi connectivity index (χ1n) is 7.69. The number of aliphatic imine (C=N–C) groups is 1. The lowest BCUT2D eigenvalue weighted by Gasteiger charge is -2.27. The summed E-state index contributed by atoms with van der Waals surface area (Å²) in [5, 5.41) is 4.35. The topological polar surface area (TPSA) is 53.6 Å². The van der Waals surface area contributed by atoms with Crippen LogP contribution in [0, 0.1) is 0 Å². The van der Waals surface area contributed by atoms with E-state index in [0.717, 1.165) is 12.5 Å². The molecule has 2 aliphatic rings. The third-order valence-corrected chi connectivity index (χ3v) is 4.93. The zero-order chi connectivity index (χ0) is 13.8. The van der Waals surface area contributed by atoms with Gasteiger partial charge in [0, 0.05) is 12.6 Å². The molecule has 0 amide bonds. The maximum atomic E-state index is 5.77. The van der Waals surface area contributed by atoms with Gasteiger partial charge in [-0.25, -0.2) is 10.8 Å². The molecule has 0 spiro atoms. The molecule has 0 saturated heterocycles. The second-order valence-corrected chi connectivity index (χ2v) is 6.66. The standard InChI is InChI=1S/C15H24N4S/c16-18-15(17-13-4-2-1-3-5-13)19(14-6-7-14)10-12-8-9-20-11-12/h8-9,11,13-14H,1-7,10,16H2,(H,17,18). The lowest BCUT2D eigenvalue weighted by atomic mass is 9.96. The Bertz CT molecular complexity index is 433. The van der Waals surface area contributed by atoms with E-state index < -0.39 is 0 Å². The molecular formula is C15H24N4S. The van der Waals surface area contributed by atoms with Crippen molar-refractivity contribution < 1.29 is 0 Å². The predicted octanol–water partition coefficient (Wildman–Crippen LogP) is 2.86. The molecule has 0 aromatic carbocycles. The van der Waals surface area contributed by atoms with E-state index in [4.69, 9.17) is 10.8 Å². The van der Waals surface area contributed by atoms with E-state index in [1.54, 1.807) is 11.3 Å². The average Bonchev–Trinajstić information content (AvgIpc) is 3.20. The van der Waals surface area contributed by atoms with Gasteiger partial charge in [-0.05, 0) is 48.1 Å². The number of hydrogen-bond donors (Lipinski definition) is 2. The quantitative estimate of drug-likeness (QED) is 0.388. The molecule has 0 bridgehead atoms. The van der Waals surface area contributed by atoms with Crippen LogP contribution < -0.4 is 11.3 Å². The molecule has 2 aliphatic carbocycles. The molecule has 2 fully saturated rings. The molecule has 3 N–H and O–H groups in total. The zero-order valence-electron chi connectivity index (χ0n) is 11.9. The summed E-state index contributed by atoms with van der Waals surface area (Å²) in [6.07, 6.45) is 8.91. The maximum Gasteiger partial charge on any atom is 0.209 e. The molecular weight excluding hydrogens is 268 g/mol. The van der Waals surface area contributed by atoms with Gasteiger partial charge in [-0.1, -0.05) is 19.3 Å². The highest BCUT2D eigenvalue weighted by Gasteiger charge is 2.31. The van der Waals surface area contributed by atoms with Crippen LogP contribution in [0.5, 0.6) is 0 Å². The highest BCUT2D eigenvalue weighted by molar-refractivity contribution is 7.07. The van der Waals surface area contributed by atoms with Gasteiger partial charge in [0.2, 0.25) is 5.96 Å². The molecule has 0 radical (unpaired) electrons. The third-order valence-electron chi connectivity index (χ3n) is 4.20. The average molecular weight is 292 g/mol. The van der Waals surface area contributed by atoms with Gasteiger partial charge in [0.25, 0.3) is 0 Å². The van der Waals surface area contributed by atoms with Gasteiger partial charge in [0.15, 0.2) is 0 Å². The van der Waals surface area contributed by atoms with Crippen LogP contribution >= 0.6 is 11.3 Å². The summed E-state index contributed by atoms with van der Waals surface area (Å²) < 4.78 is 0. The number of nitrogens with zero attached hydrogens (tertiary/aromatic N) is 2. The normalized spacial score (nSPS) is 20.9. The number of nitrogens with one attached hydrogen (secondary N) is 1. The van der Waals surface area contributed by atoms with E-state index in [0.29, 0.717) is 12.1 Å². The van der Waals surface area contributed by atoms with Gasteiger partial charge in [-0.15, -0.1) is 0 Å². The lowest BCUT2D eigenvalue weighted by molar-refractivity contribution is 0.374. The molecule has 1 heterocycles. The maximum absolute atomic E-state index is 5.77. The molecule has 5 heteroatoms. The fourth-order valence-electron chi connectivity index (χ4n) is 2.92. The Kier molecular flexibility index (Phi) is 4.58. The third kappa shape index (κ3) is 3.52. The fraction of sp³-hybridized carbons (Fsp3) is 0.667. The van der Waals surface area contributed by atoms with Crippen LogP contribution in [0.25, 0.3) is 0 Å². The number of hydrazine groups is 1. The van der Waals surface area contributed by atoms with Gasteiger partial charge in [0.1, 0.15) is 0 Å². The molecule has 20 heavy (non-hydrogen) atoms. The van der Waals surface area contributed by atoms with Gasteiger partial charge < -0.3 is 4.90 Å². The van der Waals surface area contributed by atoms with Crippen molar-refractivity contribution in [2.24, 2.45) is 10.8 Å². The Morgan fingerprint density at radius 2 is 2.10 bits per heavy atom. The molecule has 3 rings (SSSR count). The second kappa shape index (κ2) is 6.59. The fourth-order valence-corrected chi connectivity index (χ4v) is 3.58. The molecule has 0 atom stereocenters. The lowest BCUT2D eigenvalue weighted by Crippen LogP contribution is -2.46. The van der Waals surface area contributed by atoms with Crippen molar-refractivity contribution in [3.63, 3.8) is 0 Å². The van der Waals surface area contributed by atoms with Crippen molar-refractivity contribution in [1.29, 1.82) is 0 Å². The largest absolute Gasteiger partial charge is 0.335 e. The van der Waals surface area contributed by atoms with Crippen LogP contribution in [0.15, 0.2) is 21.8 Å². The van der Waals surface area contributed by atoms with Crippen molar-refractivity contribution in [3.05, 3.63) is 22.4 Å². The minimum Gasteiger partial charge on any atom is -0.335 e. The van der Waals surface area contributed by atoms with E-state index in [-0.39, 0.29) is 0 Å². The van der Waals surface area contributed by atoms with E-state index in [1.165, 1.54) is 50.5 Å². The first-order chi connectivity index (χ1) is 9.86. The van der Waals surface area contributed by atoms with Crippen molar-refractivity contribution in [2.45, 2.75) is 63.6 Å². The Labute approximate surface area is 125 Å². The summed E-state index contributed by atoms with van der Waals surface area (Å²) in [5.74, 6) is 6.66. The van der Waals surface area contributed by atoms with E-state index in [1.807, 2.05) is 0 Å². The van der Waals surface area contributed by atoms with Crippen molar-refractivity contribution in [2.75, 3.05) is 0 Å². The molecule has 1 aromatic rings. The summed E-state index contributed by atoms with van der Waals surface area (Å²) in [7, 11) is 0. The molecule has 0 unspecified atom stereocenters. The first-order valence-corrected chi connectivity index (χ1v) is 8.63. The van der Waals surface area contributed by atoms with Crippen LogP contribution in [-0.2, 0) is 6.54 Å². The molecule has 110 valence electrons. The summed E-state index contributed by atoms with van der Waals surface area (Å²) >= 11 is 1.75. The van der Waals surface area contributed by atoms with Crippen molar-refractivity contribution in [3.8, 4) is 0 Å². The zero-order valence-corrected chi connectivity index (χ0v) is 12.7. The number of thiophene rings is 1. The minimum atomic E-state index is 0.457. The SMILES string of the molecule is NNC(=NC1CCCCC1)N(Cc1ccsc1)C1CC1. The van der Waals surface area contributed by atoms with Crippen molar-refractivity contribution in [1.82, 2.24) is 10.3 Å². The summed E-state index contributed by atoms with van der Waals surface area (Å²) in [5.41, 5.74) is 4.22. The van der Waals surface area contributed by atoms with E-state index in [2.05, 4.69) is 27.2 Å². The Morgan fingerprint density at radius 1 is 1.30 bits per heavy atom. The van der Waals surface area contributed by atoms with E-state index in [9.17, 15) is 0 Å². The molecule has 2 saturated carbocycles. The first kappa shape index (κ1) is 13.9. The van der Waals surface area contributed by atoms with E-state index >= 15 is 0 Å². The summed E-state index contributed by atoms with van der Waals surface area (Å²) in [6.45, 7) is 0.921. The Hall–Kier alpha value is -1.07. The molecule has 0 aliphatic heterocycles. The van der Waals surface area contributed by atoms with Crippen LogP contribution in [0.1, 0.15) is 50.5 Å². The van der Waals surface area contributed by atoms with Gasteiger partial charge >= 0.3 is 0 Å². The Balaban J connectivity index is 1.71. The number of rotatable bonds is 4.